The van der Waals surface area contributed by atoms with E-state index in [1.165, 1.54) is 42.6 Å². The van der Waals surface area contributed by atoms with E-state index in [4.69, 9.17) is 0 Å². The van der Waals surface area contributed by atoms with Crippen molar-refractivity contribution in [3.05, 3.63) is 35.2 Å². The Morgan fingerprint density at radius 1 is 1.14 bits per heavy atom. The summed E-state index contributed by atoms with van der Waals surface area (Å²) in [4.78, 5) is 14.8. The first-order valence-electron chi connectivity index (χ1n) is 10.8. The maximum Gasteiger partial charge on any atom is 0.223 e. The van der Waals surface area contributed by atoms with Gasteiger partial charge in [-0.15, -0.1) is 10.2 Å². The minimum atomic E-state index is 0.118. The van der Waals surface area contributed by atoms with Gasteiger partial charge >= 0.3 is 0 Å². The van der Waals surface area contributed by atoms with Crippen molar-refractivity contribution in [2.24, 2.45) is 5.92 Å². The molecule has 1 N–H and O–H groups in total. The zero-order chi connectivity index (χ0) is 20.2. The first-order valence-corrected chi connectivity index (χ1v) is 11.6. The van der Waals surface area contributed by atoms with Gasteiger partial charge in [-0.05, 0) is 70.9 Å². The molecule has 156 valence electrons. The van der Waals surface area contributed by atoms with Crippen molar-refractivity contribution in [3.8, 4) is 5.13 Å². The van der Waals surface area contributed by atoms with Crippen LogP contribution in [-0.2, 0) is 4.79 Å². The molecule has 1 fully saturated rings. The average molecular weight is 414 g/mol. The summed E-state index contributed by atoms with van der Waals surface area (Å²) < 4.78 is 2.14. The van der Waals surface area contributed by atoms with E-state index in [1.54, 1.807) is 11.3 Å². The molecule has 29 heavy (non-hydrogen) atoms. The minimum Gasteiger partial charge on any atom is -0.356 e. The van der Waals surface area contributed by atoms with Crippen molar-refractivity contribution in [1.82, 2.24) is 20.1 Å². The Kier molecular flexibility index (Phi) is 6.33. The summed E-state index contributed by atoms with van der Waals surface area (Å²) in [5.41, 5.74) is 3.86. The van der Waals surface area contributed by atoms with Gasteiger partial charge in [-0.25, -0.2) is 0 Å². The fourth-order valence-corrected chi connectivity index (χ4v) is 5.37. The van der Waals surface area contributed by atoms with Gasteiger partial charge in [0.15, 0.2) is 0 Å². The lowest BCUT2D eigenvalue weighted by atomic mass is 9.95. The molecule has 0 unspecified atom stereocenters. The highest BCUT2D eigenvalue weighted by molar-refractivity contribution is 7.17. The summed E-state index contributed by atoms with van der Waals surface area (Å²) >= 11 is 1.62. The van der Waals surface area contributed by atoms with Crippen molar-refractivity contribution in [3.63, 3.8) is 0 Å². The smallest absolute Gasteiger partial charge is 0.223 e. The van der Waals surface area contributed by atoms with Gasteiger partial charge in [0.1, 0.15) is 0 Å². The molecule has 1 aliphatic carbocycles. The summed E-state index contributed by atoms with van der Waals surface area (Å²) in [6.07, 6.45) is 10.2. The molecule has 0 spiro atoms. The van der Waals surface area contributed by atoms with Crippen LogP contribution in [0.15, 0.2) is 23.8 Å². The zero-order valence-corrected chi connectivity index (χ0v) is 18.3. The largest absolute Gasteiger partial charge is 0.356 e. The number of amides is 1. The van der Waals surface area contributed by atoms with Crippen molar-refractivity contribution in [2.45, 2.75) is 58.8 Å². The molecular formula is C22H31N5OS. The predicted octanol–water partition coefficient (Wildman–Crippen LogP) is 4.17. The number of hydrogen-bond acceptors (Lipinski definition) is 5. The topological polar surface area (TPSA) is 63.1 Å². The first kappa shape index (κ1) is 20.1. The maximum atomic E-state index is 12.5. The standard InChI is InChI=1S/C22H31N5OS/c1-16-8-9-17(2)27(16)22-25-24-21(29-22)26-14-11-19(12-15-26)20(28)23-13-10-18-6-4-3-5-7-18/h6,8-9,19H,3-5,7,10-15H2,1-2H3,(H,23,28). The van der Waals surface area contributed by atoms with Crippen molar-refractivity contribution >= 4 is 22.4 Å². The Morgan fingerprint density at radius 3 is 2.55 bits per heavy atom. The number of nitrogens with zero attached hydrogens (tertiary/aromatic N) is 4. The van der Waals surface area contributed by atoms with Crippen LogP contribution in [0.25, 0.3) is 5.13 Å². The van der Waals surface area contributed by atoms with Crippen LogP contribution in [0.1, 0.15) is 56.3 Å². The van der Waals surface area contributed by atoms with E-state index in [0.29, 0.717) is 0 Å². The van der Waals surface area contributed by atoms with Crippen molar-refractivity contribution in [2.75, 3.05) is 24.5 Å². The Hall–Kier alpha value is -2.15. The molecule has 2 aromatic heterocycles. The Bertz CT molecular complexity index is 856. The van der Waals surface area contributed by atoms with E-state index in [0.717, 1.165) is 49.2 Å². The second-order valence-corrected chi connectivity index (χ2v) is 9.16. The Balaban J connectivity index is 1.26. The van der Waals surface area contributed by atoms with Gasteiger partial charge in [-0.1, -0.05) is 23.0 Å². The summed E-state index contributed by atoms with van der Waals surface area (Å²) in [7, 11) is 0. The summed E-state index contributed by atoms with van der Waals surface area (Å²) in [5.74, 6) is 0.338. The summed E-state index contributed by atoms with van der Waals surface area (Å²) in [6.45, 7) is 6.68. The number of carbonyl (C=O) groups is 1. The lowest BCUT2D eigenvalue weighted by molar-refractivity contribution is -0.125. The second-order valence-electron chi connectivity index (χ2n) is 8.23. The van der Waals surface area contributed by atoms with Crippen LogP contribution >= 0.6 is 11.3 Å². The summed E-state index contributed by atoms with van der Waals surface area (Å²) in [6, 6.07) is 4.20. The van der Waals surface area contributed by atoms with Crippen molar-refractivity contribution < 1.29 is 4.79 Å². The van der Waals surface area contributed by atoms with Gasteiger partial charge in [-0.2, -0.15) is 0 Å². The monoisotopic (exact) mass is 413 g/mol. The van der Waals surface area contributed by atoms with E-state index in [9.17, 15) is 4.79 Å². The molecule has 1 saturated heterocycles. The van der Waals surface area contributed by atoms with Crippen LogP contribution in [0.3, 0.4) is 0 Å². The number of piperidine rings is 1. The quantitative estimate of drug-likeness (QED) is 0.722. The van der Waals surface area contributed by atoms with Gasteiger partial charge < -0.3 is 10.2 Å². The van der Waals surface area contributed by atoms with Crippen LogP contribution in [0.4, 0.5) is 5.13 Å². The number of allylic oxidation sites excluding steroid dienone is 1. The number of anilines is 1. The maximum absolute atomic E-state index is 12.5. The third-order valence-electron chi connectivity index (χ3n) is 6.13. The number of hydrogen-bond donors (Lipinski definition) is 1. The molecule has 0 saturated carbocycles. The van der Waals surface area contributed by atoms with E-state index in [2.05, 4.69) is 57.0 Å². The van der Waals surface area contributed by atoms with E-state index >= 15 is 0 Å². The normalized spacial score (nSPS) is 18.0. The minimum absolute atomic E-state index is 0.118. The number of nitrogens with one attached hydrogen (secondary N) is 1. The highest BCUT2D eigenvalue weighted by Crippen LogP contribution is 2.29. The third-order valence-corrected chi connectivity index (χ3v) is 7.10. The van der Waals surface area contributed by atoms with E-state index < -0.39 is 0 Å². The number of carbonyl (C=O) groups excluding carboxylic acids is 1. The Labute approximate surface area is 177 Å². The van der Waals surface area contributed by atoms with Gasteiger partial charge in [0.2, 0.25) is 16.2 Å². The highest BCUT2D eigenvalue weighted by atomic mass is 32.1. The van der Waals surface area contributed by atoms with Crippen LogP contribution in [0.2, 0.25) is 0 Å². The molecule has 3 heterocycles. The van der Waals surface area contributed by atoms with Gasteiger partial charge in [0.25, 0.3) is 0 Å². The van der Waals surface area contributed by atoms with Crippen molar-refractivity contribution in [1.29, 1.82) is 0 Å². The average Bonchev–Trinajstić information content (AvgIpc) is 3.35. The summed E-state index contributed by atoms with van der Waals surface area (Å²) in [5, 5.41) is 13.8. The van der Waals surface area contributed by atoms with Crippen LogP contribution < -0.4 is 10.2 Å². The Morgan fingerprint density at radius 2 is 1.86 bits per heavy atom. The highest BCUT2D eigenvalue weighted by Gasteiger charge is 2.26. The molecule has 0 radical (unpaired) electrons. The molecule has 1 aliphatic heterocycles. The lowest BCUT2D eigenvalue weighted by Crippen LogP contribution is -2.40. The third kappa shape index (κ3) is 4.71. The molecule has 0 aromatic carbocycles. The molecule has 6 nitrogen and oxygen atoms in total. The second kappa shape index (κ2) is 9.11. The van der Waals surface area contributed by atoms with Gasteiger partial charge in [0, 0.05) is 36.9 Å². The fraction of sp³-hybridized carbons (Fsp3) is 0.591. The van der Waals surface area contributed by atoms with E-state index in [-0.39, 0.29) is 11.8 Å². The van der Waals surface area contributed by atoms with Crippen LogP contribution in [0, 0.1) is 19.8 Å². The molecule has 0 bridgehead atoms. The molecule has 7 heteroatoms. The molecule has 4 rings (SSSR count). The lowest BCUT2D eigenvalue weighted by Gasteiger charge is -2.30. The predicted molar refractivity (Wildman–Crippen MR) is 118 cm³/mol. The van der Waals surface area contributed by atoms with Crippen LogP contribution in [-0.4, -0.2) is 40.3 Å². The van der Waals surface area contributed by atoms with E-state index in [1.807, 2.05) is 0 Å². The number of aromatic nitrogens is 3. The zero-order valence-electron chi connectivity index (χ0n) is 17.5. The first-order chi connectivity index (χ1) is 14.1. The SMILES string of the molecule is Cc1ccc(C)n1-c1nnc(N2CCC(C(=O)NCCC3=CCCCC3)CC2)s1. The fourth-order valence-electron chi connectivity index (χ4n) is 4.35. The number of rotatable bonds is 6. The molecule has 0 atom stereocenters. The molecule has 2 aromatic rings. The van der Waals surface area contributed by atoms with Crippen LogP contribution in [0.5, 0.6) is 0 Å². The van der Waals surface area contributed by atoms with Gasteiger partial charge in [-0.3, -0.25) is 9.36 Å². The molecule has 1 amide bonds. The molecular weight excluding hydrogens is 382 g/mol. The van der Waals surface area contributed by atoms with Gasteiger partial charge in [0.05, 0.1) is 0 Å². The molecule has 2 aliphatic rings. The number of aryl methyl sites for hydroxylation is 2.